The molecule has 6 heteroatoms. The zero-order valence-corrected chi connectivity index (χ0v) is 15.2. The third kappa shape index (κ3) is 5.44. The van der Waals surface area contributed by atoms with Crippen LogP contribution in [0.5, 0.6) is 0 Å². The molecule has 3 rings (SSSR count). The maximum absolute atomic E-state index is 13.0. The first-order valence-corrected chi connectivity index (χ1v) is 9.71. The number of nitrogens with zero attached hydrogens (tertiary/aromatic N) is 1. The molecule has 1 heterocycles. The largest absolute Gasteiger partial charge is 0.353 e. The van der Waals surface area contributed by atoms with Crippen molar-refractivity contribution in [2.24, 2.45) is 5.92 Å². The number of hydrogen-bond donors (Lipinski definition) is 2. The minimum atomic E-state index is -0.322. The molecule has 0 unspecified atom stereocenters. The topological polar surface area (TPSA) is 61.4 Å². The lowest BCUT2D eigenvalue weighted by Crippen LogP contribution is -2.42. The molecule has 0 radical (unpaired) electrons. The van der Waals surface area contributed by atoms with E-state index in [0.29, 0.717) is 30.6 Å². The molecule has 1 aliphatic carbocycles. The van der Waals surface area contributed by atoms with E-state index in [-0.39, 0.29) is 17.8 Å². The number of carbonyl (C=O) groups is 2. The lowest BCUT2D eigenvalue weighted by atomic mass is 9.93. The molecular formula is C20H28FN3O2. The van der Waals surface area contributed by atoms with Gasteiger partial charge in [0.25, 0.3) is 0 Å². The quantitative estimate of drug-likeness (QED) is 0.835. The lowest BCUT2D eigenvalue weighted by molar-refractivity contribution is -0.122. The number of hydrogen-bond acceptors (Lipinski definition) is 2. The molecule has 1 saturated heterocycles. The summed E-state index contributed by atoms with van der Waals surface area (Å²) in [4.78, 5) is 26.3. The number of rotatable bonds is 5. The van der Waals surface area contributed by atoms with Gasteiger partial charge in [-0.2, -0.15) is 0 Å². The van der Waals surface area contributed by atoms with Crippen LogP contribution in [0.2, 0.25) is 0 Å². The van der Waals surface area contributed by atoms with Gasteiger partial charge in [-0.3, -0.25) is 4.79 Å². The van der Waals surface area contributed by atoms with Gasteiger partial charge in [0.2, 0.25) is 5.91 Å². The standard InChI is InChI=1S/C20H28FN3O2/c21-16-8-10-18(11-9-16)23-20(26)24-13-3-4-15(14-24)7-12-19(25)22-17-5-1-2-6-17/h8-11,15,17H,1-7,12-14H2,(H,22,25)(H,23,26)/t15-/m0/s1. The minimum absolute atomic E-state index is 0.143. The first-order chi connectivity index (χ1) is 12.6. The first-order valence-electron chi connectivity index (χ1n) is 9.71. The van der Waals surface area contributed by atoms with Crippen molar-refractivity contribution in [3.8, 4) is 0 Å². The zero-order chi connectivity index (χ0) is 18.4. The molecule has 2 fully saturated rings. The van der Waals surface area contributed by atoms with Gasteiger partial charge in [-0.25, -0.2) is 9.18 Å². The van der Waals surface area contributed by atoms with E-state index >= 15 is 0 Å². The average molecular weight is 361 g/mol. The van der Waals surface area contributed by atoms with E-state index in [9.17, 15) is 14.0 Å². The molecule has 1 saturated carbocycles. The molecule has 2 aliphatic rings. The molecule has 1 aromatic rings. The molecule has 1 aromatic carbocycles. The maximum Gasteiger partial charge on any atom is 0.321 e. The van der Waals surface area contributed by atoms with Gasteiger partial charge in [0, 0.05) is 31.2 Å². The van der Waals surface area contributed by atoms with Crippen molar-refractivity contribution in [2.45, 2.75) is 57.4 Å². The maximum atomic E-state index is 13.0. The third-order valence-corrected chi connectivity index (χ3v) is 5.40. The highest BCUT2D eigenvalue weighted by Gasteiger charge is 2.25. The average Bonchev–Trinajstić information content (AvgIpc) is 3.15. The Morgan fingerprint density at radius 2 is 1.81 bits per heavy atom. The summed E-state index contributed by atoms with van der Waals surface area (Å²) in [7, 11) is 0. The summed E-state index contributed by atoms with van der Waals surface area (Å²) in [6, 6.07) is 5.99. The zero-order valence-electron chi connectivity index (χ0n) is 15.2. The normalized spacial score (nSPS) is 20.8. The Labute approximate surface area is 154 Å². The van der Waals surface area contributed by atoms with Crippen LogP contribution < -0.4 is 10.6 Å². The number of nitrogens with one attached hydrogen (secondary N) is 2. The van der Waals surface area contributed by atoms with E-state index < -0.39 is 0 Å². The van der Waals surface area contributed by atoms with Gasteiger partial charge in [0.1, 0.15) is 5.82 Å². The number of benzene rings is 1. The Morgan fingerprint density at radius 3 is 2.54 bits per heavy atom. The molecule has 142 valence electrons. The van der Waals surface area contributed by atoms with Crippen molar-refractivity contribution in [3.05, 3.63) is 30.1 Å². The van der Waals surface area contributed by atoms with Gasteiger partial charge >= 0.3 is 6.03 Å². The summed E-state index contributed by atoms with van der Waals surface area (Å²) in [5, 5.41) is 5.94. The van der Waals surface area contributed by atoms with Gasteiger partial charge < -0.3 is 15.5 Å². The van der Waals surface area contributed by atoms with Crippen LogP contribution in [-0.4, -0.2) is 36.0 Å². The Morgan fingerprint density at radius 1 is 1.08 bits per heavy atom. The molecule has 0 spiro atoms. The molecule has 0 aromatic heterocycles. The molecule has 3 amide bonds. The van der Waals surface area contributed by atoms with Crippen LogP contribution in [0.4, 0.5) is 14.9 Å². The summed E-state index contributed by atoms with van der Waals surface area (Å²) < 4.78 is 13.0. The highest BCUT2D eigenvalue weighted by molar-refractivity contribution is 5.89. The second-order valence-corrected chi connectivity index (χ2v) is 7.48. The van der Waals surface area contributed by atoms with Gasteiger partial charge in [0.05, 0.1) is 0 Å². The fraction of sp³-hybridized carbons (Fsp3) is 0.600. The van der Waals surface area contributed by atoms with Crippen molar-refractivity contribution >= 4 is 17.6 Å². The van der Waals surface area contributed by atoms with Gasteiger partial charge in [-0.1, -0.05) is 12.8 Å². The number of carbonyl (C=O) groups excluding carboxylic acids is 2. The van der Waals surface area contributed by atoms with Crippen LogP contribution in [-0.2, 0) is 4.79 Å². The van der Waals surface area contributed by atoms with Crippen LogP contribution in [0.3, 0.4) is 0 Å². The van der Waals surface area contributed by atoms with Crippen LogP contribution in [0.15, 0.2) is 24.3 Å². The van der Waals surface area contributed by atoms with E-state index in [0.717, 1.165) is 38.6 Å². The van der Waals surface area contributed by atoms with Crippen LogP contribution in [0.25, 0.3) is 0 Å². The molecule has 1 atom stereocenters. The summed E-state index contributed by atoms with van der Waals surface area (Å²) in [6.07, 6.45) is 7.99. The van der Waals surface area contributed by atoms with Crippen LogP contribution >= 0.6 is 0 Å². The van der Waals surface area contributed by atoms with Gasteiger partial charge in [0.15, 0.2) is 0 Å². The monoisotopic (exact) mass is 361 g/mol. The second-order valence-electron chi connectivity index (χ2n) is 7.48. The number of anilines is 1. The summed E-state index contributed by atoms with van der Waals surface area (Å²) in [6.45, 7) is 1.39. The van der Waals surface area contributed by atoms with Crippen molar-refractivity contribution in [1.82, 2.24) is 10.2 Å². The van der Waals surface area contributed by atoms with E-state index in [1.54, 1.807) is 17.0 Å². The Balaban J connectivity index is 1.42. The number of likely N-dealkylation sites (tertiary alicyclic amines) is 1. The number of piperidine rings is 1. The summed E-state index contributed by atoms with van der Waals surface area (Å²) >= 11 is 0. The fourth-order valence-corrected chi connectivity index (χ4v) is 3.93. The second kappa shape index (κ2) is 9.01. The van der Waals surface area contributed by atoms with Crippen LogP contribution in [0, 0.1) is 11.7 Å². The fourth-order valence-electron chi connectivity index (χ4n) is 3.93. The Hall–Kier alpha value is -2.11. The summed E-state index contributed by atoms with van der Waals surface area (Å²) in [5.41, 5.74) is 0.592. The summed E-state index contributed by atoms with van der Waals surface area (Å²) in [5.74, 6) is 0.179. The highest BCUT2D eigenvalue weighted by atomic mass is 19.1. The SMILES string of the molecule is O=C(CC[C@@H]1CCCN(C(=O)Nc2ccc(F)cc2)C1)NC1CCCC1. The molecule has 5 nitrogen and oxygen atoms in total. The third-order valence-electron chi connectivity index (χ3n) is 5.40. The van der Waals surface area contributed by atoms with Gasteiger partial charge in [-0.15, -0.1) is 0 Å². The minimum Gasteiger partial charge on any atom is -0.353 e. The predicted molar refractivity (Wildman–Crippen MR) is 99.3 cm³/mol. The predicted octanol–water partition coefficient (Wildman–Crippen LogP) is 3.91. The first kappa shape index (κ1) is 18.7. The van der Waals surface area contributed by atoms with Gasteiger partial charge in [-0.05, 0) is 62.3 Å². The smallest absolute Gasteiger partial charge is 0.321 e. The van der Waals surface area contributed by atoms with E-state index in [2.05, 4.69) is 10.6 Å². The molecule has 0 bridgehead atoms. The van der Waals surface area contributed by atoms with E-state index in [1.165, 1.54) is 25.0 Å². The molecule has 2 N–H and O–H groups in total. The molecular weight excluding hydrogens is 333 g/mol. The van der Waals surface area contributed by atoms with Crippen molar-refractivity contribution in [1.29, 1.82) is 0 Å². The molecule has 1 aliphatic heterocycles. The van der Waals surface area contributed by atoms with Crippen molar-refractivity contribution < 1.29 is 14.0 Å². The van der Waals surface area contributed by atoms with Crippen molar-refractivity contribution in [3.63, 3.8) is 0 Å². The van der Waals surface area contributed by atoms with Crippen molar-refractivity contribution in [2.75, 3.05) is 18.4 Å². The molecule has 26 heavy (non-hydrogen) atoms. The van der Waals surface area contributed by atoms with E-state index in [4.69, 9.17) is 0 Å². The number of amides is 3. The highest BCUT2D eigenvalue weighted by Crippen LogP contribution is 2.23. The Kier molecular flexibility index (Phi) is 6.47. The van der Waals surface area contributed by atoms with Crippen LogP contribution in [0.1, 0.15) is 51.4 Å². The Bertz CT molecular complexity index is 614. The van der Waals surface area contributed by atoms with E-state index in [1.807, 2.05) is 0 Å². The number of halogens is 1. The number of urea groups is 1. The lowest BCUT2D eigenvalue weighted by Gasteiger charge is -2.32.